The summed E-state index contributed by atoms with van der Waals surface area (Å²) in [5.41, 5.74) is 4.35. The van der Waals surface area contributed by atoms with Gasteiger partial charge in [0.05, 0.1) is 24.8 Å². The Labute approximate surface area is 173 Å². The molecule has 1 heterocycles. The number of sulfonamides is 1. The Morgan fingerprint density at radius 3 is 2.37 bits per heavy atom. The van der Waals surface area contributed by atoms with Crippen LogP contribution in [0.4, 0.5) is 5.69 Å². The molecular formula is C20H20N4O5S. The first-order chi connectivity index (χ1) is 14.2. The lowest BCUT2D eigenvalue weighted by atomic mass is 10.1. The van der Waals surface area contributed by atoms with Crippen LogP contribution < -0.4 is 19.9 Å². The molecule has 3 N–H and O–H groups in total. The Morgan fingerprint density at radius 2 is 1.77 bits per heavy atom. The number of aromatic nitrogens is 2. The summed E-state index contributed by atoms with van der Waals surface area (Å²) < 4.78 is 35.2. The number of fused-ring (bicyclic) bond motifs is 3. The van der Waals surface area contributed by atoms with E-state index in [9.17, 15) is 13.2 Å². The minimum atomic E-state index is -3.80. The number of carbonyl (C=O) groups is 1. The Morgan fingerprint density at radius 1 is 1.13 bits per heavy atom. The van der Waals surface area contributed by atoms with Crippen LogP contribution in [0, 0.1) is 0 Å². The second kappa shape index (κ2) is 7.15. The number of benzene rings is 2. The van der Waals surface area contributed by atoms with E-state index in [0.29, 0.717) is 29.3 Å². The molecule has 0 saturated carbocycles. The average Bonchev–Trinajstić information content (AvgIpc) is 3.23. The Balaban J connectivity index is 1.65. The lowest BCUT2D eigenvalue weighted by Gasteiger charge is -2.11. The molecule has 4 rings (SSSR count). The van der Waals surface area contributed by atoms with E-state index in [4.69, 9.17) is 14.6 Å². The van der Waals surface area contributed by atoms with Gasteiger partial charge in [-0.3, -0.25) is 9.48 Å². The lowest BCUT2D eigenvalue weighted by Crippen LogP contribution is -2.15. The predicted molar refractivity (Wildman–Crippen MR) is 110 cm³/mol. The van der Waals surface area contributed by atoms with Crippen molar-refractivity contribution in [2.75, 3.05) is 19.5 Å². The molecule has 0 radical (unpaired) electrons. The number of anilines is 1. The zero-order valence-electron chi connectivity index (χ0n) is 16.6. The third kappa shape index (κ3) is 3.29. The normalized spacial score (nSPS) is 12.3. The maximum absolute atomic E-state index is 12.9. The van der Waals surface area contributed by atoms with E-state index in [2.05, 4.69) is 10.4 Å². The predicted octanol–water partition coefficient (Wildman–Crippen LogP) is 1.91. The first-order valence-corrected chi connectivity index (χ1v) is 10.5. The monoisotopic (exact) mass is 428 g/mol. The minimum absolute atomic E-state index is 0.0300. The number of nitrogens with zero attached hydrogens (tertiary/aromatic N) is 2. The fraction of sp³-hybridized carbons (Fsp3) is 0.200. The van der Waals surface area contributed by atoms with Crippen LogP contribution in [0.2, 0.25) is 0 Å². The molecule has 0 unspecified atom stereocenters. The van der Waals surface area contributed by atoms with Crippen LogP contribution in [0.5, 0.6) is 11.5 Å². The van der Waals surface area contributed by atoms with Gasteiger partial charge in [0.25, 0.3) is 5.91 Å². The Hall–Kier alpha value is -3.37. The summed E-state index contributed by atoms with van der Waals surface area (Å²) in [6.45, 7) is 0. The number of primary sulfonamides is 1. The zero-order chi connectivity index (χ0) is 21.6. The first kappa shape index (κ1) is 19.9. The van der Waals surface area contributed by atoms with Gasteiger partial charge in [0.2, 0.25) is 10.0 Å². The number of aryl methyl sites for hydroxylation is 1. The molecule has 2 aromatic carbocycles. The van der Waals surface area contributed by atoms with Crippen molar-refractivity contribution in [1.82, 2.24) is 9.78 Å². The van der Waals surface area contributed by atoms with Crippen LogP contribution in [0.1, 0.15) is 21.6 Å². The fourth-order valence-corrected chi connectivity index (χ4v) is 4.17. The molecule has 10 heteroatoms. The number of amides is 1. The molecule has 0 saturated heterocycles. The van der Waals surface area contributed by atoms with Crippen LogP contribution in [-0.4, -0.2) is 38.3 Å². The van der Waals surface area contributed by atoms with E-state index in [-0.39, 0.29) is 10.8 Å². The van der Waals surface area contributed by atoms with Gasteiger partial charge in [-0.1, -0.05) is 0 Å². The quantitative estimate of drug-likeness (QED) is 0.500. The van der Waals surface area contributed by atoms with Gasteiger partial charge in [0, 0.05) is 30.3 Å². The molecule has 3 aromatic rings. The number of hydrogen-bond acceptors (Lipinski definition) is 6. The molecule has 0 aliphatic heterocycles. The number of methoxy groups -OCH3 is 2. The first-order valence-electron chi connectivity index (χ1n) is 8.98. The van der Waals surface area contributed by atoms with Gasteiger partial charge in [-0.15, -0.1) is 0 Å². The maximum atomic E-state index is 12.9. The molecular weight excluding hydrogens is 408 g/mol. The number of hydrogen-bond donors (Lipinski definition) is 2. The topological polar surface area (TPSA) is 126 Å². The van der Waals surface area contributed by atoms with Gasteiger partial charge < -0.3 is 14.8 Å². The summed E-state index contributed by atoms with van der Waals surface area (Å²) in [5, 5.41) is 12.3. The van der Waals surface area contributed by atoms with Crippen molar-refractivity contribution in [2.24, 2.45) is 12.2 Å². The van der Waals surface area contributed by atoms with Crippen molar-refractivity contribution in [3.8, 4) is 22.8 Å². The van der Waals surface area contributed by atoms with Crippen LogP contribution in [0.25, 0.3) is 11.3 Å². The van der Waals surface area contributed by atoms with Gasteiger partial charge in [0.15, 0.2) is 17.2 Å². The molecule has 0 atom stereocenters. The van der Waals surface area contributed by atoms with Crippen LogP contribution in [-0.2, 0) is 23.5 Å². The van der Waals surface area contributed by atoms with Crippen molar-refractivity contribution >= 4 is 21.6 Å². The number of rotatable bonds is 5. The summed E-state index contributed by atoms with van der Waals surface area (Å²) in [5.74, 6) is 0.839. The number of nitrogens with two attached hydrogens (primary N) is 1. The molecule has 1 aliphatic carbocycles. The van der Waals surface area contributed by atoms with Gasteiger partial charge in [-0.2, -0.15) is 5.10 Å². The summed E-state index contributed by atoms with van der Waals surface area (Å²) in [4.78, 5) is 12.9. The standard InChI is InChI=1S/C20H20N4O5S/c1-24-19-14-10-17(29-3)16(28-2)9-11(14)8-15(19)18(23-24)20(25)22-12-4-6-13(7-5-12)30(21,26)27/h4-7,9-10H,8H2,1-3H3,(H,22,25)(H2,21,26,27). The molecule has 1 amide bonds. The Kier molecular flexibility index (Phi) is 4.75. The van der Waals surface area contributed by atoms with Crippen LogP contribution >= 0.6 is 0 Å². The highest BCUT2D eigenvalue weighted by atomic mass is 32.2. The Bertz CT molecular complexity index is 1260. The van der Waals surface area contributed by atoms with E-state index >= 15 is 0 Å². The maximum Gasteiger partial charge on any atom is 0.276 e. The molecule has 156 valence electrons. The largest absolute Gasteiger partial charge is 0.493 e. The van der Waals surface area contributed by atoms with Crippen LogP contribution in [0.3, 0.4) is 0 Å². The minimum Gasteiger partial charge on any atom is -0.493 e. The second-order valence-electron chi connectivity index (χ2n) is 6.86. The number of ether oxygens (including phenoxy) is 2. The smallest absolute Gasteiger partial charge is 0.276 e. The molecule has 30 heavy (non-hydrogen) atoms. The molecule has 1 aliphatic rings. The van der Waals surface area contributed by atoms with Gasteiger partial charge in [-0.25, -0.2) is 13.6 Å². The molecule has 0 bridgehead atoms. The highest BCUT2D eigenvalue weighted by Crippen LogP contribution is 2.43. The second-order valence-corrected chi connectivity index (χ2v) is 8.43. The van der Waals surface area contributed by atoms with Crippen molar-refractivity contribution < 1.29 is 22.7 Å². The van der Waals surface area contributed by atoms with Crippen LogP contribution in [0.15, 0.2) is 41.3 Å². The lowest BCUT2D eigenvalue weighted by molar-refractivity contribution is 0.102. The van der Waals surface area contributed by atoms with E-state index < -0.39 is 10.0 Å². The van der Waals surface area contributed by atoms with Gasteiger partial charge >= 0.3 is 0 Å². The number of carbonyl (C=O) groups excluding carboxylic acids is 1. The highest BCUT2D eigenvalue weighted by Gasteiger charge is 2.31. The van der Waals surface area contributed by atoms with E-state index in [1.54, 1.807) is 25.9 Å². The summed E-state index contributed by atoms with van der Waals surface area (Å²) in [6, 6.07) is 9.41. The SMILES string of the molecule is COc1cc2c(cc1OC)-c1c(c(C(=O)Nc3ccc(S(N)(=O)=O)cc3)nn1C)C2. The summed E-state index contributed by atoms with van der Waals surface area (Å²) in [6.07, 6.45) is 0.534. The average molecular weight is 428 g/mol. The van der Waals surface area contributed by atoms with Gasteiger partial charge in [0.1, 0.15) is 0 Å². The summed E-state index contributed by atoms with van der Waals surface area (Å²) in [7, 11) is 1.13. The van der Waals surface area contributed by atoms with E-state index in [1.165, 1.54) is 24.3 Å². The molecule has 0 spiro atoms. The third-order valence-corrected chi connectivity index (χ3v) is 5.96. The number of nitrogens with one attached hydrogen (secondary N) is 1. The van der Waals surface area contributed by atoms with Crippen molar-refractivity contribution in [2.45, 2.75) is 11.3 Å². The molecule has 0 fully saturated rings. The zero-order valence-corrected chi connectivity index (χ0v) is 17.4. The van der Waals surface area contributed by atoms with Crippen molar-refractivity contribution in [1.29, 1.82) is 0 Å². The van der Waals surface area contributed by atoms with E-state index in [0.717, 1.165) is 22.4 Å². The molecule has 1 aromatic heterocycles. The fourth-order valence-electron chi connectivity index (χ4n) is 3.65. The van der Waals surface area contributed by atoms with Crippen molar-refractivity contribution in [3.63, 3.8) is 0 Å². The highest BCUT2D eigenvalue weighted by molar-refractivity contribution is 7.89. The molecule has 9 nitrogen and oxygen atoms in total. The summed E-state index contributed by atoms with van der Waals surface area (Å²) >= 11 is 0. The van der Waals surface area contributed by atoms with Crippen molar-refractivity contribution in [3.05, 3.63) is 53.2 Å². The van der Waals surface area contributed by atoms with E-state index in [1.807, 2.05) is 12.1 Å². The van der Waals surface area contributed by atoms with Gasteiger partial charge in [-0.05, 0) is 42.0 Å². The third-order valence-electron chi connectivity index (χ3n) is 5.03.